The molecule has 2 rings (SSSR count). The third kappa shape index (κ3) is 3.17. The molecule has 3 nitrogen and oxygen atoms in total. The Kier molecular flexibility index (Phi) is 4.74. The van der Waals surface area contributed by atoms with Gasteiger partial charge in [-0.3, -0.25) is 0 Å². The highest BCUT2D eigenvalue weighted by Crippen LogP contribution is 2.27. The number of anilines is 2. The van der Waals surface area contributed by atoms with Gasteiger partial charge in [0.15, 0.2) is 0 Å². The molecule has 0 amide bonds. The molecule has 1 heterocycles. The van der Waals surface area contributed by atoms with Gasteiger partial charge in [-0.1, -0.05) is 25.1 Å². The van der Waals surface area contributed by atoms with Crippen molar-refractivity contribution in [2.24, 2.45) is 0 Å². The molecule has 0 aliphatic heterocycles. The average molecular weight is 269 g/mol. The van der Waals surface area contributed by atoms with E-state index in [2.05, 4.69) is 73.4 Å². The normalized spacial score (nSPS) is 10.6. The van der Waals surface area contributed by atoms with Gasteiger partial charge in [0.05, 0.1) is 0 Å². The maximum atomic E-state index is 4.63. The van der Waals surface area contributed by atoms with Crippen molar-refractivity contribution in [2.45, 2.75) is 27.3 Å². The molecule has 0 atom stereocenters. The molecule has 106 valence electrons. The molecular weight excluding hydrogens is 246 g/mol. The Morgan fingerprint density at radius 2 is 1.90 bits per heavy atom. The van der Waals surface area contributed by atoms with E-state index in [0.717, 1.165) is 18.9 Å². The lowest BCUT2D eigenvalue weighted by Gasteiger charge is -2.22. The molecule has 0 spiro atoms. The van der Waals surface area contributed by atoms with Crippen LogP contribution in [-0.4, -0.2) is 18.6 Å². The van der Waals surface area contributed by atoms with Crippen LogP contribution in [0.15, 0.2) is 36.5 Å². The van der Waals surface area contributed by atoms with Gasteiger partial charge in [-0.05, 0) is 49.2 Å². The van der Waals surface area contributed by atoms with E-state index >= 15 is 0 Å². The van der Waals surface area contributed by atoms with Crippen LogP contribution in [0.25, 0.3) is 0 Å². The van der Waals surface area contributed by atoms with Gasteiger partial charge in [-0.25, -0.2) is 4.98 Å². The predicted molar refractivity (Wildman–Crippen MR) is 85.6 cm³/mol. The zero-order valence-electron chi connectivity index (χ0n) is 12.8. The Hall–Kier alpha value is -1.87. The van der Waals surface area contributed by atoms with E-state index in [4.69, 9.17) is 0 Å². The highest BCUT2D eigenvalue weighted by Gasteiger charge is 2.10. The zero-order chi connectivity index (χ0) is 14.5. The number of hydrogen-bond donors (Lipinski definition) is 1. The van der Waals surface area contributed by atoms with Crippen LogP contribution in [0, 0.1) is 13.8 Å². The number of aryl methyl sites for hydroxylation is 2. The molecule has 0 aliphatic carbocycles. The number of nitrogens with zero attached hydrogens (tertiary/aromatic N) is 2. The highest BCUT2D eigenvalue weighted by atomic mass is 15.2. The second-order valence-corrected chi connectivity index (χ2v) is 5.11. The maximum absolute atomic E-state index is 4.63. The first-order chi connectivity index (χ1) is 9.63. The number of rotatable bonds is 5. The number of benzene rings is 1. The quantitative estimate of drug-likeness (QED) is 0.899. The predicted octanol–water partition coefficient (Wildman–Crippen LogP) is 3.58. The molecule has 0 saturated heterocycles. The van der Waals surface area contributed by atoms with Crippen molar-refractivity contribution in [2.75, 3.05) is 18.5 Å². The monoisotopic (exact) mass is 269 g/mol. The molecule has 0 radical (unpaired) electrons. The van der Waals surface area contributed by atoms with E-state index in [9.17, 15) is 0 Å². The Morgan fingerprint density at radius 1 is 1.15 bits per heavy atom. The summed E-state index contributed by atoms with van der Waals surface area (Å²) in [6.45, 7) is 8.20. The summed E-state index contributed by atoms with van der Waals surface area (Å²) in [6.07, 6.45) is 1.96. The van der Waals surface area contributed by atoms with Gasteiger partial charge in [0.1, 0.15) is 5.82 Å². The summed E-state index contributed by atoms with van der Waals surface area (Å²) in [7, 11) is 2.07. The zero-order valence-corrected chi connectivity index (χ0v) is 12.8. The lowest BCUT2D eigenvalue weighted by molar-refractivity contribution is 0.723. The molecule has 1 N–H and O–H groups in total. The van der Waals surface area contributed by atoms with Crippen LogP contribution in [-0.2, 0) is 6.54 Å². The summed E-state index contributed by atoms with van der Waals surface area (Å²) >= 11 is 0. The van der Waals surface area contributed by atoms with Crippen molar-refractivity contribution in [3.05, 3.63) is 53.2 Å². The summed E-state index contributed by atoms with van der Waals surface area (Å²) in [5, 5.41) is 3.33. The molecule has 0 fully saturated rings. The van der Waals surface area contributed by atoms with E-state index in [1.165, 1.54) is 22.4 Å². The van der Waals surface area contributed by atoms with E-state index in [0.29, 0.717) is 0 Å². The molecule has 0 aliphatic rings. The summed E-state index contributed by atoms with van der Waals surface area (Å²) < 4.78 is 0. The smallest absolute Gasteiger partial charge is 0.135 e. The van der Waals surface area contributed by atoms with Crippen LogP contribution in [0.4, 0.5) is 11.5 Å². The van der Waals surface area contributed by atoms with Crippen LogP contribution in [0.1, 0.15) is 23.6 Å². The van der Waals surface area contributed by atoms with E-state index in [-0.39, 0.29) is 0 Å². The van der Waals surface area contributed by atoms with Gasteiger partial charge in [-0.15, -0.1) is 0 Å². The van der Waals surface area contributed by atoms with Crippen LogP contribution in [0.5, 0.6) is 0 Å². The van der Waals surface area contributed by atoms with Gasteiger partial charge < -0.3 is 10.2 Å². The molecule has 1 aromatic heterocycles. The van der Waals surface area contributed by atoms with Crippen molar-refractivity contribution < 1.29 is 0 Å². The van der Waals surface area contributed by atoms with Gasteiger partial charge in [0, 0.05) is 25.5 Å². The summed E-state index contributed by atoms with van der Waals surface area (Å²) in [5.74, 6) is 1.01. The Bertz CT molecular complexity index is 578. The molecule has 0 bridgehead atoms. The van der Waals surface area contributed by atoms with Crippen molar-refractivity contribution in [3.8, 4) is 0 Å². The standard InChI is InChI=1S/C17H23N3/c1-5-18-11-15-10-14(3)17(19-12-15)20(4)16-9-7-6-8-13(16)2/h6-10,12,18H,5,11H2,1-4H3. The van der Waals surface area contributed by atoms with Crippen molar-refractivity contribution in [1.29, 1.82) is 0 Å². The fourth-order valence-electron chi connectivity index (χ4n) is 2.40. The molecule has 0 saturated carbocycles. The minimum absolute atomic E-state index is 0.874. The molecule has 1 aromatic carbocycles. The molecule has 20 heavy (non-hydrogen) atoms. The molecule has 3 heteroatoms. The molecule has 2 aromatic rings. The summed E-state index contributed by atoms with van der Waals surface area (Å²) in [5.41, 5.74) is 4.88. The third-order valence-corrected chi connectivity index (χ3v) is 3.48. The third-order valence-electron chi connectivity index (χ3n) is 3.48. The first-order valence-corrected chi connectivity index (χ1v) is 7.09. The fourth-order valence-corrected chi connectivity index (χ4v) is 2.40. The van der Waals surface area contributed by atoms with Gasteiger partial charge in [0.2, 0.25) is 0 Å². The number of aromatic nitrogens is 1. The number of nitrogens with one attached hydrogen (secondary N) is 1. The molecular formula is C17H23N3. The van der Waals surface area contributed by atoms with Crippen molar-refractivity contribution >= 4 is 11.5 Å². The van der Waals surface area contributed by atoms with Crippen molar-refractivity contribution in [1.82, 2.24) is 10.3 Å². The van der Waals surface area contributed by atoms with E-state index in [1.807, 2.05) is 6.20 Å². The Labute approximate surface area is 121 Å². The second-order valence-electron chi connectivity index (χ2n) is 5.11. The van der Waals surface area contributed by atoms with Gasteiger partial charge >= 0.3 is 0 Å². The van der Waals surface area contributed by atoms with E-state index in [1.54, 1.807) is 0 Å². The van der Waals surface area contributed by atoms with Gasteiger partial charge in [-0.2, -0.15) is 0 Å². The minimum atomic E-state index is 0.874. The number of pyridine rings is 1. The topological polar surface area (TPSA) is 28.2 Å². The van der Waals surface area contributed by atoms with Crippen LogP contribution < -0.4 is 10.2 Å². The Morgan fingerprint density at radius 3 is 2.55 bits per heavy atom. The van der Waals surface area contributed by atoms with Gasteiger partial charge in [0.25, 0.3) is 0 Å². The Balaban J connectivity index is 2.27. The largest absolute Gasteiger partial charge is 0.329 e. The van der Waals surface area contributed by atoms with Crippen molar-refractivity contribution in [3.63, 3.8) is 0 Å². The lowest BCUT2D eigenvalue weighted by atomic mass is 10.1. The number of hydrogen-bond acceptors (Lipinski definition) is 3. The maximum Gasteiger partial charge on any atom is 0.135 e. The number of para-hydroxylation sites is 1. The lowest BCUT2D eigenvalue weighted by Crippen LogP contribution is -2.16. The first-order valence-electron chi connectivity index (χ1n) is 7.09. The molecule has 0 unspecified atom stereocenters. The first kappa shape index (κ1) is 14.5. The highest BCUT2D eigenvalue weighted by molar-refractivity contribution is 5.65. The minimum Gasteiger partial charge on any atom is -0.329 e. The fraction of sp³-hybridized carbons (Fsp3) is 0.353. The van der Waals surface area contributed by atoms with Crippen LogP contribution in [0.2, 0.25) is 0 Å². The van der Waals surface area contributed by atoms with E-state index < -0.39 is 0 Å². The average Bonchev–Trinajstić information content (AvgIpc) is 2.45. The summed E-state index contributed by atoms with van der Waals surface area (Å²) in [6, 6.07) is 10.6. The summed E-state index contributed by atoms with van der Waals surface area (Å²) in [4.78, 5) is 6.79. The SMILES string of the molecule is CCNCc1cnc(N(C)c2ccccc2C)c(C)c1. The van der Waals surface area contributed by atoms with Crippen LogP contribution >= 0.6 is 0 Å². The van der Waals surface area contributed by atoms with Crippen LogP contribution in [0.3, 0.4) is 0 Å². The second kappa shape index (κ2) is 6.53.